The number of hydrogen-bond acceptors (Lipinski definition) is 4. The summed E-state index contributed by atoms with van der Waals surface area (Å²) in [5.41, 5.74) is -3.44. The number of halogens is 4. The lowest BCUT2D eigenvalue weighted by Crippen LogP contribution is -2.17. The molecule has 0 aliphatic carbocycles. The molecule has 0 saturated carbocycles. The van der Waals surface area contributed by atoms with Crippen LogP contribution >= 0.6 is 23.4 Å². The first-order valence-electron chi connectivity index (χ1n) is 7.44. The molecule has 2 rings (SSSR count). The number of rotatable bonds is 4. The van der Waals surface area contributed by atoms with E-state index in [9.17, 15) is 27.3 Å². The van der Waals surface area contributed by atoms with Gasteiger partial charge in [0, 0.05) is 9.79 Å². The Morgan fingerprint density at radius 1 is 1.26 bits per heavy atom. The van der Waals surface area contributed by atoms with E-state index in [0.717, 1.165) is 28.7 Å². The van der Waals surface area contributed by atoms with E-state index in [-0.39, 0.29) is 22.0 Å². The lowest BCUT2D eigenvalue weighted by atomic mass is 10.0. The van der Waals surface area contributed by atoms with Crippen molar-refractivity contribution in [1.82, 2.24) is 0 Å². The van der Waals surface area contributed by atoms with Gasteiger partial charge < -0.3 is 10.4 Å². The molecule has 0 spiro atoms. The van der Waals surface area contributed by atoms with Crippen LogP contribution in [0.3, 0.4) is 0 Å². The summed E-state index contributed by atoms with van der Waals surface area (Å²) in [5, 5.41) is 12.4. The molecule has 1 amide bonds. The van der Waals surface area contributed by atoms with Gasteiger partial charge in [-0.05, 0) is 55.5 Å². The highest BCUT2D eigenvalue weighted by atomic mass is 35.5. The number of phenols is 1. The molecule has 0 aliphatic rings. The van der Waals surface area contributed by atoms with Crippen LogP contribution in [0.25, 0.3) is 0 Å². The standard InChI is InChI=1S/C17H15ClF3NO3S2/c1-8-6-13(23)14(9(2)15(8)26-3)16(24)22-12-5-4-10(7-11(12)18)27(25)17(19,20)21/h4-7,23H,1-3H3,(H,22,24). The molecule has 0 radical (unpaired) electrons. The number of benzene rings is 2. The van der Waals surface area contributed by atoms with Crippen LogP contribution in [0, 0.1) is 13.8 Å². The summed E-state index contributed by atoms with van der Waals surface area (Å²) < 4.78 is 49.0. The van der Waals surface area contributed by atoms with Gasteiger partial charge in [0.1, 0.15) is 5.75 Å². The number of alkyl halides is 3. The first-order chi connectivity index (χ1) is 12.5. The molecule has 2 aromatic carbocycles. The topological polar surface area (TPSA) is 66.4 Å². The lowest BCUT2D eigenvalue weighted by molar-refractivity contribution is -0.0384. The molecule has 1 atom stereocenters. The third kappa shape index (κ3) is 4.59. The van der Waals surface area contributed by atoms with Crippen LogP contribution in [-0.2, 0) is 10.8 Å². The SMILES string of the molecule is CSc1c(C)cc(O)c(C(=O)Nc2ccc(S(=O)C(F)(F)F)cc2Cl)c1C. The summed E-state index contributed by atoms with van der Waals surface area (Å²) in [6, 6.07) is 4.45. The predicted octanol–water partition coefficient (Wildman–Crippen LogP) is 5.26. The van der Waals surface area contributed by atoms with Crippen LogP contribution in [0.15, 0.2) is 34.1 Å². The van der Waals surface area contributed by atoms with Crippen LogP contribution in [-0.4, -0.2) is 27.0 Å². The maximum Gasteiger partial charge on any atom is 0.475 e. The number of nitrogens with one attached hydrogen (secondary N) is 1. The minimum absolute atomic E-state index is 0.0367. The van der Waals surface area contributed by atoms with Gasteiger partial charge in [-0.2, -0.15) is 13.2 Å². The molecule has 0 fully saturated rings. The van der Waals surface area contributed by atoms with E-state index in [2.05, 4.69) is 5.32 Å². The monoisotopic (exact) mass is 437 g/mol. The maximum atomic E-state index is 12.6. The van der Waals surface area contributed by atoms with E-state index < -0.39 is 27.1 Å². The van der Waals surface area contributed by atoms with Crippen molar-refractivity contribution in [2.24, 2.45) is 0 Å². The molecule has 2 aromatic rings. The molecule has 2 N–H and O–H groups in total. The van der Waals surface area contributed by atoms with Crippen molar-refractivity contribution in [3.63, 3.8) is 0 Å². The molecule has 0 saturated heterocycles. The summed E-state index contributed by atoms with van der Waals surface area (Å²) >= 11 is 7.36. The van der Waals surface area contributed by atoms with Gasteiger partial charge in [-0.3, -0.25) is 4.79 Å². The molecule has 27 heavy (non-hydrogen) atoms. The molecule has 10 heteroatoms. The van der Waals surface area contributed by atoms with E-state index in [4.69, 9.17) is 11.6 Å². The predicted molar refractivity (Wildman–Crippen MR) is 101 cm³/mol. The van der Waals surface area contributed by atoms with Crippen LogP contribution in [0.2, 0.25) is 5.02 Å². The van der Waals surface area contributed by atoms with Crippen molar-refractivity contribution in [3.8, 4) is 5.75 Å². The zero-order chi connectivity index (χ0) is 20.5. The normalized spacial score (nSPS) is 12.7. The minimum atomic E-state index is -4.91. The molecule has 0 aliphatic heterocycles. The molecular formula is C17H15ClF3NO3S2. The first-order valence-corrected chi connectivity index (χ1v) is 10.2. The second kappa shape index (κ2) is 8.12. The highest BCUT2D eigenvalue weighted by molar-refractivity contribution is 7.98. The fraction of sp³-hybridized carbons (Fsp3) is 0.235. The highest BCUT2D eigenvalue weighted by Crippen LogP contribution is 2.35. The molecular weight excluding hydrogens is 423 g/mol. The van der Waals surface area contributed by atoms with Crippen molar-refractivity contribution in [1.29, 1.82) is 0 Å². The van der Waals surface area contributed by atoms with Gasteiger partial charge in [0.25, 0.3) is 5.91 Å². The second-order valence-corrected chi connectivity index (χ2v) is 8.25. The summed E-state index contributed by atoms with van der Waals surface area (Å²) in [4.78, 5) is 12.9. The van der Waals surface area contributed by atoms with Gasteiger partial charge in [-0.15, -0.1) is 11.8 Å². The van der Waals surface area contributed by atoms with Crippen LogP contribution in [0.5, 0.6) is 5.75 Å². The Labute approximate surface area is 165 Å². The van der Waals surface area contributed by atoms with Gasteiger partial charge in [0.15, 0.2) is 10.8 Å². The Balaban J connectivity index is 2.36. The average Bonchev–Trinajstić information content (AvgIpc) is 2.55. The first kappa shape index (κ1) is 21.6. The zero-order valence-electron chi connectivity index (χ0n) is 14.4. The number of hydrogen-bond donors (Lipinski definition) is 2. The van der Waals surface area contributed by atoms with Crippen molar-refractivity contribution in [3.05, 3.63) is 46.0 Å². The number of amides is 1. The fourth-order valence-corrected chi connectivity index (χ4v) is 4.34. The van der Waals surface area contributed by atoms with Gasteiger partial charge in [-0.25, -0.2) is 4.21 Å². The number of carbonyl (C=O) groups is 1. The fourth-order valence-electron chi connectivity index (χ4n) is 2.58. The van der Waals surface area contributed by atoms with Gasteiger partial charge in [0.05, 0.1) is 16.3 Å². The van der Waals surface area contributed by atoms with Crippen molar-refractivity contribution in [2.45, 2.75) is 29.1 Å². The Morgan fingerprint density at radius 3 is 2.41 bits per heavy atom. The Morgan fingerprint density at radius 2 is 1.89 bits per heavy atom. The lowest BCUT2D eigenvalue weighted by Gasteiger charge is -2.15. The maximum absolute atomic E-state index is 12.6. The Bertz CT molecular complexity index is 933. The number of carbonyl (C=O) groups excluding carboxylic acids is 1. The van der Waals surface area contributed by atoms with Gasteiger partial charge >= 0.3 is 5.51 Å². The van der Waals surface area contributed by atoms with Crippen LogP contribution in [0.4, 0.5) is 18.9 Å². The van der Waals surface area contributed by atoms with Crippen LogP contribution < -0.4 is 5.32 Å². The van der Waals surface area contributed by atoms with E-state index in [1.54, 1.807) is 13.8 Å². The Kier molecular flexibility index (Phi) is 6.49. The summed E-state index contributed by atoms with van der Waals surface area (Å²) in [5.74, 6) is -0.877. The number of anilines is 1. The third-order valence-electron chi connectivity index (χ3n) is 3.73. The zero-order valence-corrected chi connectivity index (χ0v) is 16.8. The molecule has 4 nitrogen and oxygen atoms in total. The minimum Gasteiger partial charge on any atom is -0.507 e. The van der Waals surface area contributed by atoms with Crippen LogP contribution in [0.1, 0.15) is 21.5 Å². The summed E-state index contributed by atoms with van der Waals surface area (Å²) in [6.45, 7) is 3.49. The smallest absolute Gasteiger partial charge is 0.475 e. The average molecular weight is 438 g/mol. The van der Waals surface area contributed by atoms with Crippen molar-refractivity contribution < 1.29 is 27.3 Å². The number of aryl methyl sites for hydroxylation is 1. The second-order valence-electron chi connectivity index (χ2n) is 5.56. The molecule has 0 aromatic heterocycles. The number of phenolic OH excluding ortho intramolecular Hbond substituents is 1. The number of aromatic hydroxyl groups is 1. The molecule has 1 unspecified atom stereocenters. The Hall–Kier alpha value is -1.71. The quantitative estimate of drug-likeness (QED) is 0.640. The van der Waals surface area contributed by atoms with Crippen molar-refractivity contribution >= 4 is 45.8 Å². The molecule has 146 valence electrons. The van der Waals surface area contributed by atoms with Gasteiger partial charge in [0.2, 0.25) is 0 Å². The summed E-state index contributed by atoms with van der Waals surface area (Å²) in [6.07, 6.45) is 1.84. The van der Waals surface area contributed by atoms with Crippen molar-refractivity contribution in [2.75, 3.05) is 11.6 Å². The largest absolute Gasteiger partial charge is 0.507 e. The third-order valence-corrected chi connectivity index (χ3v) is 6.18. The number of thioether (sulfide) groups is 1. The van der Waals surface area contributed by atoms with E-state index >= 15 is 0 Å². The van der Waals surface area contributed by atoms with Gasteiger partial charge in [-0.1, -0.05) is 11.6 Å². The van der Waals surface area contributed by atoms with E-state index in [0.29, 0.717) is 5.56 Å². The molecule has 0 bridgehead atoms. The van der Waals surface area contributed by atoms with E-state index in [1.807, 2.05) is 6.26 Å². The highest BCUT2D eigenvalue weighted by Gasteiger charge is 2.38. The molecule has 0 heterocycles. The summed E-state index contributed by atoms with van der Waals surface area (Å²) in [7, 11) is -3.22. The van der Waals surface area contributed by atoms with E-state index in [1.165, 1.54) is 17.8 Å².